The van der Waals surface area contributed by atoms with Gasteiger partial charge >= 0.3 is 0 Å². The summed E-state index contributed by atoms with van der Waals surface area (Å²) in [6.45, 7) is 0. The van der Waals surface area contributed by atoms with Gasteiger partial charge in [0, 0.05) is 7.05 Å². The second kappa shape index (κ2) is 3.95. The first-order valence-electron chi connectivity index (χ1n) is 4.25. The van der Waals surface area contributed by atoms with Crippen LogP contribution in [0.15, 0.2) is 12.4 Å². The molecule has 0 bridgehead atoms. The molecule has 6 nitrogen and oxygen atoms in total. The zero-order valence-electron chi connectivity index (χ0n) is 8.28. The molecule has 1 unspecified atom stereocenters. The van der Waals surface area contributed by atoms with E-state index in [2.05, 4.69) is 13.8 Å². The first-order chi connectivity index (χ1) is 7.24. The number of aliphatic hydroxyl groups excluding tert-OH is 1. The van der Waals surface area contributed by atoms with Gasteiger partial charge in [0.25, 0.3) is 0 Å². The lowest BCUT2D eigenvalue weighted by Crippen LogP contribution is -2.08. The largest absolute Gasteiger partial charge is 0.493 e. The van der Waals surface area contributed by atoms with Crippen LogP contribution in [0, 0.1) is 0 Å². The van der Waals surface area contributed by atoms with Crippen LogP contribution in [0.2, 0.25) is 0 Å². The second-order valence-electron chi connectivity index (χ2n) is 2.96. The molecular formula is C8H10N4O2S. The summed E-state index contributed by atoms with van der Waals surface area (Å²) < 4.78 is 14.5. The van der Waals surface area contributed by atoms with Gasteiger partial charge in [0.1, 0.15) is 17.5 Å². The molecule has 1 N–H and O–H groups in total. The summed E-state index contributed by atoms with van der Waals surface area (Å²) in [6.07, 6.45) is 2.23. The summed E-state index contributed by atoms with van der Waals surface area (Å²) in [4.78, 5) is 0. The maximum Gasteiger partial charge on any atom is 0.163 e. The van der Waals surface area contributed by atoms with Crippen molar-refractivity contribution in [2.24, 2.45) is 7.05 Å². The minimum atomic E-state index is -0.855. The van der Waals surface area contributed by atoms with Gasteiger partial charge in [-0.25, -0.2) is 0 Å². The Hall–Kier alpha value is -1.47. The van der Waals surface area contributed by atoms with Crippen molar-refractivity contribution in [2.45, 2.75) is 6.10 Å². The van der Waals surface area contributed by atoms with E-state index in [9.17, 15) is 5.11 Å². The van der Waals surface area contributed by atoms with E-state index >= 15 is 0 Å². The van der Waals surface area contributed by atoms with Crippen molar-refractivity contribution in [3.8, 4) is 5.75 Å². The van der Waals surface area contributed by atoms with Crippen molar-refractivity contribution < 1.29 is 9.84 Å². The lowest BCUT2D eigenvalue weighted by Gasteiger charge is -2.09. The third kappa shape index (κ3) is 1.71. The molecule has 0 aliphatic heterocycles. The first kappa shape index (κ1) is 10.1. The van der Waals surface area contributed by atoms with Crippen LogP contribution < -0.4 is 4.74 Å². The monoisotopic (exact) mass is 226 g/mol. The number of methoxy groups -OCH3 is 1. The van der Waals surface area contributed by atoms with E-state index in [1.54, 1.807) is 17.9 Å². The Bertz CT molecular complexity index is 439. The molecule has 0 saturated heterocycles. The van der Waals surface area contributed by atoms with Crippen LogP contribution >= 0.6 is 11.7 Å². The van der Waals surface area contributed by atoms with Gasteiger partial charge in [0.05, 0.1) is 31.2 Å². The van der Waals surface area contributed by atoms with Crippen LogP contribution in [-0.2, 0) is 7.05 Å². The molecule has 0 spiro atoms. The number of aryl methyl sites for hydroxylation is 1. The van der Waals surface area contributed by atoms with Crippen LogP contribution in [0.5, 0.6) is 5.75 Å². The highest BCUT2D eigenvalue weighted by atomic mass is 32.1. The fraction of sp³-hybridized carbons (Fsp3) is 0.375. The molecule has 15 heavy (non-hydrogen) atoms. The molecule has 7 heteroatoms. The van der Waals surface area contributed by atoms with Crippen LogP contribution in [0.4, 0.5) is 0 Å². The normalized spacial score (nSPS) is 12.7. The average molecular weight is 226 g/mol. The van der Waals surface area contributed by atoms with E-state index in [1.165, 1.54) is 13.3 Å². The number of ether oxygens (including phenoxy) is 1. The molecule has 0 radical (unpaired) electrons. The maximum atomic E-state index is 10.0. The van der Waals surface area contributed by atoms with Crippen LogP contribution in [0.25, 0.3) is 0 Å². The summed E-state index contributed by atoms with van der Waals surface area (Å²) in [5.74, 6) is 0.540. The molecule has 0 aromatic carbocycles. The molecule has 2 aromatic rings. The van der Waals surface area contributed by atoms with Crippen molar-refractivity contribution in [2.75, 3.05) is 7.11 Å². The molecule has 2 aromatic heterocycles. The van der Waals surface area contributed by atoms with E-state index in [1.807, 2.05) is 0 Å². The van der Waals surface area contributed by atoms with Crippen LogP contribution in [-0.4, -0.2) is 30.7 Å². The third-order valence-corrected chi connectivity index (χ3v) is 2.58. The first-order valence-corrected chi connectivity index (χ1v) is 4.98. The quantitative estimate of drug-likeness (QED) is 0.818. The number of nitrogens with zero attached hydrogens (tertiary/aromatic N) is 4. The van der Waals surface area contributed by atoms with Crippen molar-refractivity contribution in [3.05, 3.63) is 23.8 Å². The smallest absolute Gasteiger partial charge is 0.163 e. The summed E-state index contributed by atoms with van der Waals surface area (Å²) >= 11 is 1.05. The SMILES string of the molecule is COc1cnn(C)c1C(O)c1cnsn1. The van der Waals surface area contributed by atoms with Gasteiger partial charge < -0.3 is 9.84 Å². The Balaban J connectivity index is 2.40. The lowest BCUT2D eigenvalue weighted by molar-refractivity contribution is 0.200. The van der Waals surface area contributed by atoms with Gasteiger partial charge in [0.2, 0.25) is 0 Å². The Morgan fingerprint density at radius 3 is 2.93 bits per heavy atom. The number of hydrogen-bond donors (Lipinski definition) is 1. The Kier molecular flexibility index (Phi) is 2.65. The molecule has 1 atom stereocenters. The molecular weight excluding hydrogens is 216 g/mol. The Morgan fingerprint density at radius 1 is 1.53 bits per heavy atom. The number of hydrogen-bond acceptors (Lipinski definition) is 6. The molecule has 0 aliphatic rings. The predicted molar refractivity (Wildman–Crippen MR) is 53.7 cm³/mol. The standard InChI is InChI=1S/C8H10N4O2S/c1-12-7(6(14-2)4-9-12)8(13)5-3-10-15-11-5/h3-4,8,13H,1-2H3. The number of rotatable bonds is 3. The van der Waals surface area contributed by atoms with Gasteiger partial charge in [0.15, 0.2) is 5.75 Å². The Labute approximate surface area is 90.5 Å². The van der Waals surface area contributed by atoms with E-state index < -0.39 is 6.10 Å². The summed E-state index contributed by atoms with van der Waals surface area (Å²) in [5, 5.41) is 14.0. The fourth-order valence-corrected chi connectivity index (χ4v) is 1.77. The van der Waals surface area contributed by atoms with Crippen molar-refractivity contribution in [1.29, 1.82) is 0 Å². The van der Waals surface area contributed by atoms with Crippen molar-refractivity contribution in [3.63, 3.8) is 0 Å². The highest BCUT2D eigenvalue weighted by Crippen LogP contribution is 2.28. The minimum absolute atomic E-state index is 0.502. The van der Waals surface area contributed by atoms with E-state index in [0.29, 0.717) is 17.1 Å². The number of aliphatic hydroxyl groups is 1. The van der Waals surface area contributed by atoms with E-state index in [4.69, 9.17) is 4.74 Å². The summed E-state index contributed by atoms with van der Waals surface area (Å²) in [6, 6.07) is 0. The highest BCUT2D eigenvalue weighted by Gasteiger charge is 2.21. The molecule has 80 valence electrons. The lowest BCUT2D eigenvalue weighted by atomic mass is 10.2. The molecule has 2 heterocycles. The van der Waals surface area contributed by atoms with Crippen molar-refractivity contribution in [1.82, 2.24) is 18.5 Å². The van der Waals surface area contributed by atoms with Gasteiger partial charge in [-0.1, -0.05) is 0 Å². The molecule has 2 rings (SSSR count). The maximum absolute atomic E-state index is 10.0. The summed E-state index contributed by atoms with van der Waals surface area (Å²) in [7, 11) is 3.27. The van der Waals surface area contributed by atoms with Crippen LogP contribution in [0.1, 0.15) is 17.5 Å². The predicted octanol–water partition coefficient (Wildman–Crippen LogP) is 0.362. The molecule has 0 fully saturated rings. The second-order valence-corrected chi connectivity index (χ2v) is 3.51. The fourth-order valence-electron chi connectivity index (χ4n) is 1.33. The highest BCUT2D eigenvalue weighted by molar-refractivity contribution is 6.99. The molecule has 0 amide bonds. The van der Waals surface area contributed by atoms with Crippen molar-refractivity contribution >= 4 is 11.7 Å². The third-order valence-electron chi connectivity index (χ3n) is 2.09. The van der Waals surface area contributed by atoms with Gasteiger partial charge in [-0.05, 0) is 0 Å². The van der Waals surface area contributed by atoms with E-state index in [-0.39, 0.29) is 0 Å². The molecule has 0 aliphatic carbocycles. The Morgan fingerprint density at radius 2 is 2.33 bits per heavy atom. The minimum Gasteiger partial charge on any atom is -0.493 e. The van der Waals surface area contributed by atoms with Gasteiger partial charge in [-0.15, -0.1) is 0 Å². The van der Waals surface area contributed by atoms with Gasteiger partial charge in [-0.3, -0.25) is 4.68 Å². The number of aromatic nitrogens is 4. The zero-order chi connectivity index (χ0) is 10.8. The van der Waals surface area contributed by atoms with E-state index in [0.717, 1.165) is 11.7 Å². The van der Waals surface area contributed by atoms with Crippen LogP contribution in [0.3, 0.4) is 0 Å². The topological polar surface area (TPSA) is 73.1 Å². The zero-order valence-corrected chi connectivity index (χ0v) is 9.10. The average Bonchev–Trinajstić information content (AvgIpc) is 2.85. The molecule has 0 saturated carbocycles. The summed E-state index contributed by atoms with van der Waals surface area (Å²) in [5.41, 5.74) is 1.08. The van der Waals surface area contributed by atoms with Gasteiger partial charge in [-0.2, -0.15) is 13.8 Å².